The maximum atomic E-state index is 13.4. The molecule has 0 saturated carbocycles. The molecule has 0 N–H and O–H groups in total. The summed E-state index contributed by atoms with van der Waals surface area (Å²) in [4.78, 5) is 24.5. The van der Waals surface area contributed by atoms with Gasteiger partial charge in [0.25, 0.3) is 10.0 Å². The van der Waals surface area contributed by atoms with Crippen molar-refractivity contribution in [2.75, 3.05) is 18.0 Å². The van der Waals surface area contributed by atoms with E-state index >= 15 is 0 Å². The van der Waals surface area contributed by atoms with Crippen molar-refractivity contribution in [3.05, 3.63) is 45.9 Å². The van der Waals surface area contributed by atoms with Gasteiger partial charge in [-0.1, -0.05) is 17.7 Å². The molecule has 156 valence electrons. The van der Waals surface area contributed by atoms with E-state index in [1.165, 1.54) is 10.3 Å². The minimum absolute atomic E-state index is 0.170. The molecule has 1 amide bonds. The second kappa shape index (κ2) is 7.19. The number of piperazine rings is 1. The molecule has 3 aromatic rings. The number of amides is 1. The molecule has 2 unspecified atom stereocenters. The first-order chi connectivity index (χ1) is 14.4. The molecular formula is C20H20IN5O3S. The Hall–Kier alpha value is -2.21. The average Bonchev–Trinajstić information content (AvgIpc) is 3.19. The zero-order valence-corrected chi connectivity index (χ0v) is 19.2. The van der Waals surface area contributed by atoms with Crippen LogP contribution >= 0.6 is 22.6 Å². The molecule has 8 nitrogen and oxygen atoms in total. The molecule has 2 aromatic heterocycles. The van der Waals surface area contributed by atoms with Crippen molar-refractivity contribution in [3.8, 4) is 0 Å². The number of nitrogens with zero attached hydrogens (tertiary/aromatic N) is 5. The first-order valence-electron chi connectivity index (χ1n) is 9.72. The lowest BCUT2D eigenvalue weighted by atomic mass is 10.2. The summed E-state index contributed by atoms with van der Waals surface area (Å²) in [5.41, 5.74) is 1.37. The molecule has 0 aliphatic carbocycles. The Bertz CT molecular complexity index is 1230. The Balaban J connectivity index is 1.60. The molecule has 2 fully saturated rings. The molecule has 2 atom stereocenters. The second-order valence-electron chi connectivity index (χ2n) is 7.83. The minimum Gasteiger partial charge on any atom is -0.352 e. The summed E-state index contributed by atoms with van der Waals surface area (Å²) in [5, 5.41) is 0.705. The summed E-state index contributed by atoms with van der Waals surface area (Å²) in [6, 6.07) is 8.97. The molecule has 4 heterocycles. The Labute approximate surface area is 188 Å². The molecule has 10 heteroatoms. The summed E-state index contributed by atoms with van der Waals surface area (Å²) < 4.78 is 28.6. The highest BCUT2D eigenvalue weighted by Gasteiger charge is 2.40. The van der Waals surface area contributed by atoms with Crippen LogP contribution in [0, 0.1) is 10.6 Å². The van der Waals surface area contributed by atoms with Crippen LogP contribution in [-0.2, 0) is 14.8 Å². The monoisotopic (exact) mass is 537 g/mol. The highest BCUT2D eigenvalue weighted by molar-refractivity contribution is 14.1. The number of hydrogen-bond acceptors (Lipinski definition) is 6. The summed E-state index contributed by atoms with van der Waals surface area (Å²) in [5.74, 6) is 0.721. The van der Waals surface area contributed by atoms with Gasteiger partial charge in [-0.25, -0.2) is 22.4 Å². The van der Waals surface area contributed by atoms with Gasteiger partial charge >= 0.3 is 0 Å². The number of aryl methyl sites for hydroxylation is 1. The zero-order chi connectivity index (χ0) is 21.0. The number of carbonyl (C=O) groups excluding carboxylic acids is 1. The van der Waals surface area contributed by atoms with Crippen molar-refractivity contribution >= 4 is 55.9 Å². The third kappa shape index (κ3) is 2.99. The lowest BCUT2D eigenvalue weighted by Crippen LogP contribution is -2.53. The van der Waals surface area contributed by atoms with E-state index in [1.807, 2.05) is 40.5 Å². The van der Waals surface area contributed by atoms with Gasteiger partial charge < -0.3 is 9.80 Å². The predicted octanol–water partition coefficient (Wildman–Crippen LogP) is 2.39. The van der Waals surface area contributed by atoms with E-state index in [-0.39, 0.29) is 17.0 Å². The van der Waals surface area contributed by atoms with Gasteiger partial charge in [0.05, 0.1) is 14.0 Å². The van der Waals surface area contributed by atoms with Crippen molar-refractivity contribution in [2.45, 2.75) is 36.7 Å². The van der Waals surface area contributed by atoms with E-state index in [9.17, 15) is 13.2 Å². The van der Waals surface area contributed by atoms with Gasteiger partial charge in [-0.15, -0.1) is 0 Å². The number of hydrogen-bond donors (Lipinski definition) is 0. The van der Waals surface area contributed by atoms with E-state index in [0.29, 0.717) is 27.8 Å². The quantitative estimate of drug-likeness (QED) is 0.375. The van der Waals surface area contributed by atoms with Gasteiger partial charge in [0, 0.05) is 25.2 Å². The molecule has 0 radical (unpaired) electrons. The summed E-state index contributed by atoms with van der Waals surface area (Å²) in [7, 11) is -3.79. The fourth-order valence-electron chi connectivity index (χ4n) is 4.52. The van der Waals surface area contributed by atoms with E-state index in [2.05, 4.69) is 14.9 Å². The summed E-state index contributed by atoms with van der Waals surface area (Å²) in [6.45, 7) is 3.30. The van der Waals surface area contributed by atoms with Crippen LogP contribution in [0.3, 0.4) is 0 Å². The molecule has 1 aromatic carbocycles. The SMILES string of the molecule is Cc1ccc(S(=O)(=O)n2c(I)cc3c(N4CC5CCC(C4)N5C=O)ncnc32)cc1. The topological polar surface area (TPSA) is 88.4 Å². The Morgan fingerprint density at radius 1 is 1.10 bits per heavy atom. The Morgan fingerprint density at radius 2 is 1.77 bits per heavy atom. The van der Waals surface area contributed by atoms with Gasteiger partial charge in [0.15, 0.2) is 5.65 Å². The zero-order valence-electron chi connectivity index (χ0n) is 16.3. The first kappa shape index (κ1) is 19.7. The van der Waals surface area contributed by atoms with Crippen LogP contribution in [0.15, 0.2) is 41.6 Å². The number of aromatic nitrogens is 3. The van der Waals surface area contributed by atoms with E-state index in [0.717, 1.165) is 30.6 Å². The molecule has 5 rings (SSSR count). The maximum absolute atomic E-state index is 13.4. The maximum Gasteiger partial charge on any atom is 0.270 e. The lowest BCUT2D eigenvalue weighted by molar-refractivity contribution is -0.121. The van der Waals surface area contributed by atoms with Crippen LogP contribution < -0.4 is 4.90 Å². The predicted molar refractivity (Wildman–Crippen MR) is 121 cm³/mol. The van der Waals surface area contributed by atoms with Crippen LogP contribution in [0.25, 0.3) is 11.0 Å². The van der Waals surface area contributed by atoms with Gasteiger partial charge in [0.2, 0.25) is 6.41 Å². The minimum atomic E-state index is -3.79. The van der Waals surface area contributed by atoms with Crippen molar-refractivity contribution < 1.29 is 13.2 Å². The fourth-order valence-corrected chi connectivity index (χ4v) is 7.19. The van der Waals surface area contributed by atoms with E-state index in [1.54, 1.807) is 24.3 Å². The van der Waals surface area contributed by atoms with Gasteiger partial charge in [-0.2, -0.15) is 0 Å². The van der Waals surface area contributed by atoms with Crippen LogP contribution in [-0.4, -0.2) is 58.8 Å². The van der Waals surface area contributed by atoms with Crippen molar-refractivity contribution in [2.24, 2.45) is 0 Å². The average molecular weight is 537 g/mol. The summed E-state index contributed by atoms with van der Waals surface area (Å²) >= 11 is 2.03. The van der Waals surface area contributed by atoms with Crippen molar-refractivity contribution in [1.29, 1.82) is 0 Å². The first-order valence-corrected chi connectivity index (χ1v) is 12.2. The number of benzene rings is 1. The van der Waals surface area contributed by atoms with Gasteiger partial charge in [-0.3, -0.25) is 4.79 Å². The van der Waals surface area contributed by atoms with Crippen molar-refractivity contribution in [1.82, 2.24) is 18.8 Å². The number of carbonyl (C=O) groups is 1. The van der Waals surface area contributed by atoms with E-state index in [4.69, 9.17) is 0 Å². The summed E-state index contributed by atoms with van der Waals surface area (Å²) in [6.07, 6.45) is 4.33. The number of anilines is 1. The normalized spacial score (nSPS) is 21.4. The molecule has 2 saturated heterocycles. The number of halogens is 1. The molecule has 2 bridgehead atoms. The highest BCUT2D eigenvalue weighted by atomic mass is 127. The molecule has 2 aliphatic heterocycles. The highest BCUT2D eigenvalue weighted by Crippen LogP contribution is 2.35. The van der Waals surface area contributed by atoms with Crippen LogP contribution in [0.2, 0.25) is 0 Å². The Morgan fingerprint density at radius 3 is 2.40 bits per heavy atom. The molecular weight excluding hydrogens is 517 g/mol. The fraction of sp³-hybridized carbons (Fsp3) is 0.350. The molecule has 30 heavy (non-hydrogen) atoms. The van der Waals surface area contributed by atoms with Gasteiger partial charge in [-0.05, 0) is 60.6 Å². The lowest BCUT2D eigenvalue weighted by Gasteiger charge is -2.39. The standard InChI is InChI=1S/C20H20IN5O3S/c1-13-2-6-16(7-3-13)30(28,29)26-18(21)8-17-19(22-11-23-20(17)26)24-9-14-4-5-15(10-24)25(14)12-27/h2-3,6-8,11-12,14-15H,4-5,9-10H2,1H3. The second-order valence-corrected chi connectivity index (χ2v) is 10.7. The smallest absolute Gasteiger partial charge is 0.270 e. The van der Waals surface area contributed by atoms with Crippen LogP contribution in [0.4, 0.5) is 5.82 Å². The largest absolute Gasteiger partial charge is 0.352 e. The number of rotatable bonds is 4. The Kier molecular flexibility index (Phi) is 4.73. The van der Waals surface area contributed by atoms with Crippen molar-refractivity contribution in [3.63, 3.8) is 0 Å². The van der Waals surface area contributed by atoms with Crippen LogP contribution in [0.5, 0.6) is 0 Å². The van der Waals surface area contributed by atoms with E-state index < -0.39 is 10.0 Å². The van der Waals surface area contributed by atoms with Gasteiger partial charge in [0.1, 0.15) is 12.1 Å². The third-order valence-electron chi connectivity index (χ3n) is 6.01. The number of fused-ring (bicyclic) bond motifs is 3. The molecule has 2 aliphatic rings. The van der Waals surface area contributed by atoms with Crippen LogP contribution in [0.1, 0.15) is 18.4 Å². The molecule has 0 spiro atoms. The third-order valence-corrected chi connectivity index (χ3v) is 8.85.